The van der Waals surface area contributed by atoms with E-state index >= 15 is 0 Å². The lowest BCUT2D eigenvalue weighted by Crippen LogP contribution is -2.38. The Kier molecular flexibility index (Phi) is 6.69. The lowest BCUT2D eigenvalue weighted by Gasteiger charge is -2.32. The Morgan fingerprint density at radius 2 is 1.81 bits per heavy atom. The summed E-state index contributed by atoms with van der Waals surface area (Å²) in [7, 11) is 3.54. The number of amides is 2. The van der Waals surface area contributed by atoms with Crippen LogP contribution in [-0.2, 0) is 29.1 Å². The van der Waals surface area contributed by atoms with E-state index in [1.165, 1.54) is 0 Å². The molecule has 170 valence electrons. The summed E-state index contributed by atoms with van der Waals surface area (Å²) < 4.78 is 5.15. The number of likely N-dealkylation sites (tertiary alicyclic amines) is 1. The van der Waals surface area contributed by atoms with Crippen LogP contribution in [0.3, 0.4) is 0 Å². The average molecular weight is 438 g/mol. The first kappa shape index (κ1) is 22.2. The van der Waals surface area contributed by atoms with E-state index < -0.39 is 0 Å². The van der Waals surface area contributed by atoms with Crippen LogP contribution in [-0.4, -0.2) is 65.4 Å². The number of hydrogen-bond donors (Lipinski definition) is 1. The van der Waals surface area contributed by atoms with Crippen LogP contribution in [0.15, 0.2) is 24.3 Å². The van der Waals surface area contributed by atoms with Gasteiger partial charge in [-0.05, 0) is 37.0 Å². The van der Waals surface area contributed by atoms with Crippen molar-refractivity contribution in [2.45, 2.75) is 45.3 Å². The number of anilines is 1. The van der Waals surface area contributed by atoms with Gasteiger partial charge in [0.2, 0.25) is 5.91 Å². The van der Waals surface area contributed by atoms with Crippen molar-refractivity contribution in [1.29, 1.82) is 0 Å². The van der Waals surface area contributed by atoms with Crippen LogP contribution in [0.25, 0.3) is 0 Å². The monoisotopic (exact) mass is 437 g/mol. The Balaban J connectivity index is 1.52. The number of ether oxygens (including phenoxy) is 1. The van der Waals surface area contributed by atoms with E-state index in [1.54, 1.807) is 14.0 Å². The number of fused-ring (bicyclic) bond motifs is 1. The van der Waals surface area contributed by atoms with Gasteiger partial charge in [0.05, 0.1) is 18.8 Å². The number of rotatable bonds is 5. The molecule has 0 aliphatic carbocycles. The molecule has 0 bridgehead atoms. The highest BCUT2D eigenvalue weighted by molar-refractivity contribution is 5.94. The second-order valence-electron chi connectivity index (χ2n) is 8.49. The van der Waals surface area contributed by atoms with E-state index in [9.17, 15) is 9.59 Å². The molecule has 1 aromatic heterocycles. The van der Waals surface area contributed by atoms with Crippen LogP contribution in [0.5, 0.6) is 0 Å². The molecule has 8 nitrogen and oxygen atoms in total. The van der Waals surface area contributed by atoms with Gasteiger partial charge in [-0.3, -0.25) is 9.59 Å². The van der Waals surface area contributed by atoms with Gasteiger partial charge in [-0.1, -0.05) is 12.1 Å². The maximum atomic E-state index is 13.1. The van der Waals surface area contributed by atoms with E-state index in [4.69, 9.17) is 14.7 Å². The van der Waals surface area contributed by atoms with Crippen molar-refractivity contribution in [3.8, 4) is 0 Å². The summed E-state index contributed by atoms with van der Waals surface area (Å²) in [5.41, 5.74) is 3.73. The molecule has 1 saturated heterocycles. The zero-order valence-corrected chi connectivity index (χ0v) is 19.1. The standard InChI is InChI=1S/C24H31N5O3/c1-16(30)28-11-8-18(9-12-28)22-26-21-14-29(13-10-20(21)23(25-2)27-22)24(31)19-6-4-17(5-7-19)15-32-3/h4-7,18H,8-15H2,1-3H3,(H,25,26,27). The minimum Gasteiger partial charge on any atom is -0.380 e. The maximum absolute atomic E-state index is 13.1. The molecule has 0 atom stereocenters. The van der Waals surface area contributed by atoms with Crippen LogP contribution in [0, 0.1) is 0 Å². The molecular formula is C24H31N5O3. The minimum atomic E-state index is 0.0144. The Morgan fingerprint density at radius 1 is 1.09 bits per heavy atom. The molecule has 0 spiro atoms. The maximum Gasteiger partial charge on any atom is 0.254 e. The van der Waals surface area contributed by atoms with Crippen molar-refractivity contribution in [3.05, 3.63) is 52.5 Å². The zero-order valence-electron chi connectivity index (χ0n) is 19.1. The smallest absolute Gasteiger partial charge is 0.254 e. The van der Waals surface area contributed by atoms with Crippen molar-refractivity contribution in [1.82, 2.24) is 19.8 Å². The topological polar surface area (TPSA) is 87.7 Å². The van der Waals surface area contributed by atoms with Gasteiger partial charge in [0, 0.05) is 57.8 Å². The van der Waals surface area contributed by atoms with Crippen molar-refractivity contribution in [3.63, 3.8) is 0 Å². The molecule has 2 aliphatic rings. The van der Waals surface area contributed by atoms with E-state index in [0.29, 0.717) is 25.3 Å². The third kappa shape index (κ3) is 4.60. The Morgan fingerprint density at radius 3 is 2.44 bits per heavy atom. The number of nitrogens with one attached hydrogen (secondary N) is 1. The molecule has 3 heterocycles. The molecule has 1 fully saturated rings. The highest BCUT2D eigenvalue weighted by Gasteiger charge is 2.29. The highest BCUT2D eigenvalue weighted by Crippen LogP contribution is 2.30. The normalized spacial score (nSPS) is 16.6. The average Bonchev–Trinajstić information content (AvgIpc) is 2.83. The second-order valence-corrected chi connectivity index (χ2v) is 8.49. The van der Waals surface area contributed by atoms with E-state index in [0.717, 1.165) is 60.8 Å². The minimum absolute atomic E-state index is 0.0144. The van der Waals surface area contributed by atoms with Crippen LogP contribution in [0.2, 0.25) is 0 Å². The van der Waals surface area contributed by atoms with E-state index in [1.807, 2.05) is 41.1 Å². The van der Waals surface area contributed by atoms with E-state index in [2.05, 4.69) is 5.32 Å². The Bertz CT molecular complexity index is 984. The molecule has 0 unspecified atom stereocenters. The molecule has 8 heteroatoms. The number of nitrogens with zero attached hydrogens (tertiary/aromatic N) is 4. The summed E-state index contributed by atoms with van der Waals surface area (Å²) in [5, 5.41) is 3.22. The predicted octanol–water partition coefficient (Wildman–Crippen LogP) is 2.59. The number of benzene rings is 1. The largest absolute Gasteiger partial charge is 0.380 e. The summed E-state index contributed by atoms with van der Waals surface area (Å²) in [5.74, 6) is 2.03. The van der Waals surface area contributed by atoms with Gasteiger partial charge < -0.3 is 19.9 Å². The van der Waals surface area contributed by atoms with Gasteiger partial charge >= 0.3 is 0 Å². The molecule has 2 amide bonds. The van der Waals surface area contributed by atoms with Gasteiger partial charge in [0.25, 0.3) is 5.91 Å². The summed E-state index contributed by atoms with van der Waals surface area (Å²) in [6.07, 6.45) is 2.44. The van der Waals surface area contributed by atoms with E-state index in [-0.39, 0.29) is 17.7 Å². The predicted molar refractivity (Wildman–Crippen MR) is 121 cm³/mol. The van der Waals surface area contributed by atoms with Gasteiger partial charge in [0.1, 0.15) is 11.6 Å². The fourth-order valence-electron chi connectivity index (χ4n) is 4.56. The molecule has 4 rings (SSSR count). The SMILES string of the molecule is CNc1nc(C2CCN(C(C)=O)CC2)nc2c1CCN(C(=O)c1ccc(COC)cc1)C2. The van der Waals surface area contributed by atoms with Gasteiger partial charge in [0.15, 0.2) is 0 Å². The van der Waals surface area contributed by atoms with Gasteiger partial charge in [-0.15, -0.1) is 0 Å². The van der Waals surface area contributed by atoms with Crippen molar-refractivity contribution in [2.24, 2.45) is 0 Å². The number of hydrogen-bond acceptors (Lipinski definition) is 6. The fraction of sp³-hybridized carbons (Fsp3) is 0.500. The van der Waals surface area contributed by atoms with Gasteiger partial charge in [-0.25, -0.2) is 9.97 Å². The summed E-state index contributed by atoms with van der Waals surface area (Å²) in [6.45, 7) is 4.73. The summed E-state index contributed by atoms with van der Waals surface area (Å²) in [4.78, 5) is 38.2. The van der Waals surface area contributed by atoms with Crippen molar-refractivity contribution < 1.29 is 14.3 Å². The molecule has 1 N–H and O–H groups in total. The summed E-state index contributed by atoms with van der Waals surface area (Å²) >= 11 is 0. The molecule has 2 aromatic rings. The van der Waals surface area contributed by atoms with Crippen LogP contribution in [0.4, 0.5) is 5.82 Å². The first-order valence-corrected chi connectivity index (χ1v) is 11.2. The van der Waals surface area contributed by atoms with Gasteiger partial charge in [-0.2, -0.15) is 0 Å². The molecule has 1 aromatic carbocycles. The molecular weight excluding hydrogens is 406 g/mol. The van der Waals surface area contributed by atoms with Crippen molar-refractivity contribution >= 4 is 17.6 Å². The molecule has 0 radical (unpaired) electrons. The van der Waals surface area contributed by atoms with Crippen LogP contribution < -0.4 is 5.32 Å². The second kappa shape index (κ2) is 9.65. The molecule has 32 heavy (non-hydrogen) atoms. The third-order valence-corrected chi connectivity index (χ3v) is 6.42. The first-order chi connectivity index (χ1) is 15.5. The Labute approximate surface area is 189 Å². The Hall–Kier alpha value is -3.00. The molecule has 2 aliphatic heterocycles. The fourth-order valence-corrected chi connectivity index (χ4v) is 4.56. The number of aromatic nitrogens is 2. The number of carbonyl (C=O) groups excluding carboxylic acids is 2. The summed E-state index contributed by atoms with van der Waals surface area (Å²) in [6, 6.07) is 7.59. The van der Waals surface area contributed by atoms with Crippen LogP contribution >= 0.6 is 0 Å². The third-order valence-electron chi connectivity index (χ3n) is 6.42. The number of piperidine rings is 1. The number of methoxy groups -OCH3 is 1. The first-order valence-electron chi connectivity index (χ1n) is 11.2. The van der Waals surface area contributed by atoms with Crippen molar-refractivity contribution in [2.75, 3.05) is 39.1 Å². The van der Waals surface area contributed by atoms with Crippen LogP contribution in [0.1, 0.15) is 58.7 Å². The lowest BCUT2D eigenvalue weighted by atomic mass is 9.95. The zero-order chi connectivity index (χ0) is 22.7. The molecule has 0 saturated carbocycles. The quantitative estimate of drug-likeness (QED) is 0.774. The number of carbonyl (C=O) groups is 2. The lowest BCUT2D eigenvalue weighted by molar-refractivity contribution is -0.129. The highest BCUT2D eigenvalue weighted by atomic mass is 16.5.